The minimum atomic E-state index is 0.136. The number of para-hydroxylation sites is 1. The van der Waals surface area contributed by atoms with Crippen LogP contribution in [0.25, 0.3) is 10.9 Å². The molecule has 0 saturated carbocycles. The van der Waals surface area contributed by atoms with Crippen molar-refractivity contribution in [2.24, 2.45) is 0 Å². The van der Waals surface area contributed by atoms with Crippen molar-refractivity contribution in [1.82, 2.24) is 9.47 Å². The smallest absolute Gasteiger partial charge is 0.178 e. The molecule has 0 amide bonds. The highest BCUT2D eigenvalue weighted by Crippen LogP contribution is 2.33. The predicted octanol–water partition coefficient (Wildman–Crippen LogP) is 4.58. The molecule has 1 saturated heterocycles. The van der Waals surface area contributed by atoms with Crippen molar-refractivity contribution in [3.63, 3.8) is 0 Å². The zero-order valence-corrected chi connectivity index (χ0v) is 16.7. The molecule has 4 rings (SSSR count). The minimum absolute atomic E-state index is 0.136. The van der Waals surface area contributed by atoms with Crippen LogP contribution in [0.2, 0.25) is 0 Å². The molecule has 5 nitrogen and oxygen atoms in total. The third-order valence-corrected chi connectivity index (χ3v) is 5.76. The number of ether oxygens (including phenoxy) is 1. The molecule has 5 heteroatoms. The van der Waals surface area contributed by atoms with Gasteiger partial charge in [0.15, 0.2) is 5.78 Å². The molecule has 1 atom stereocenters. The van der Waals surface area contributed by atoms with E-state index in [9.17, 15) is 4.79 Å². The average molecular weight is 387 g/mol. The van der Waals surface area contributed by atoms with Gasteiger partial charge in [-0.05, 0) is 43.1 Å². The second-order valence-electron chi connectivity index (χ2n) is 7.49. The van der Waals surface area contributed by atoms with Gasteiger partial charge in [-0.3, -0.25) is 9.69 Å². The Hall–Kier alpha value is -3.10. The van der Waals surface area contributed by atoms with Gasteiger partial charge in [-0.2, -0.15) is 5.26 Å². The van der Waals surface area contributed by atoms with Gasteiger partial charge in [0.1, 0.15) is 5.75 Å². The number of likely N-dealkylation sites (tertiary alicyclic amines) is 1. The highest BCUT2D eigenvalue weighted by molar-refractivity contribution is 6.09. The van der Waals surface area contributed by atoms with Crippen LogP contribution in [0.5, 0.6) is 5.75 Å². The van der Waals surface area contributed by atoms with Gasteiger partial charge >= 0.3 is 0 Å². The summed E-state index contributed by atoms with van der Waals surface area (Å²) < 4.78 is 7.29. The first-order valence-corrected chi connectivity index (χ1v) is 10.1. The van der Waals surface area contributed by atoms with Gasteiger partial charge in [-0.25, -0.2) is 0 Å². The summed E-state index contributed by atoms with van der Waals surface area (Å²) in [4.78, 5) is 15.5. The van der Waals surface area contributed by atoms with Gasteiger partial charge in [-0.1, -0.05) is 30.3 Å². The topological polar surface area (TPSA) is 58.3 Å². The highest BCUT2D eigenvalue weighted by atomic mass is 16.5. The third kappa shape index (κ3) is 3.90. The number of Topliss-reactive ketones (excluding diaryl/α,β-unsaturated/α-hetero) is 1. The molecule has 148 valence electrons. The van der Waals surface area contributed by atoms with Crippen LogP contribution in [0.4, 0.5) is 0 Å². The summed E-state index contributed by atoms with van der Waals surface area (Å²) in [5, 5.41) is 9.90. The van der Waals surface area contributed by atoms with Gasteiger partial charge < -0.3 is 9.30 Å². The first-order valence-electron chi connectivity index (χ1n) is 10.1. The molecular weight excluding hydrogens is 362 g/mol. The van der Waals surface area contributed by atoms with E-state index < -0.39 is 0 Å². The molecule has 1 fully saturated rings. The second kappa shape index (κ2) is 8.50. The highest BCUT2D eigenvalue weighted by Gasteiger charge is 2.28. The molecule has 1 unspecified atom stereocenters. The fourth-order valence-electron chi connectivity index (χ4n) is 4.31. The molecule has 1 aromatic heterocycles. The molecular formula is C24H25N3O2. The number of hydrogen-bond donors (Lipinski definition) is 0. The Kier molecular flexibility index (Phi) is 5.64. The maximum atomic E-state index is 13.2. The van der Waals surface area contributed by atoms with Crippen LogP contribution in [0.3, 0.4) is 0 Å². The Bertz CT molecular complexity index is 1050. The number of methoxy groups -OCH3 is 1. The molecule has 3 aromatic rings. The lowest BCUT2D eigenvalue weighted by Gasteiger charge is -2.24. The number of aromatic nitrogens is 1. The van der Waals surface area contributed by atoms with E-state index in [2.05, 4.69) is 23.1 Å². The van der Waals surface area contributed by atoms with Gasteiger partial charge in [0.25, 0.3) is 0 Å². The number of rotatable bonds is 7. The van der Waals surface area contributed by atoms with Crippen molar-refractivity contribution in [3.05, 3.63) is 65.9 Å². The number of carbonyl (C=O) groups is 1. The van der Waals surface area contributed by atoms with E-state index in [-0.39, 0.29) is 11.8 Å². The fourth-order valence-corrected chi connectivity index (χ4v) is 4.31. The van der Waals surface area contributed by atoms with E-state index in [0.29, 0.717) is 19.5 Å². The van der Waals surface area contributed by atoms with E-state index in [4.69, 9.17) is 10.00 Å². The number of ketones is 1. The van der Waals surface area contributed by atoms with E-state index in [1.54, 1.807) is 7.11 Å². The third-order valence-electron chi connectivity index (χ3n) is 5.76. The Labute approximate surface area is 171 Å². The maximum Gasteiger partial charge on any atom is 0.178 e. The van der Waals surface area contributed by atoms with Crippen LogP contribution in [0, 0.1) is 11.3 Å². The van der Waals surface area contributed by atoms with E-state index in [1.807, 2.05) is 47.2 Å². The average Bonchev–Trinajstić information content (AvgIpc) is 3.37. The lowest BCUT2D eigenvalue weighted by atomic mass is 10.0. The first kappa shape index (κ1) is 19.2. The summed E-state index contributed by atoms with van der Waals surface area (Å²) in [6.07, 6.45) is 4.50. The van der Waals surface area contributed by atoms with Crippen LogP contribution in [0.1, 0.15) is 41.2 Å². The minimum Gasteiger partial charge on any atom is -0.497 e. The summed E-state index contributed by atoms with van der Waals surface area (Å²) in [6.45, 7) is 1.93. The molecule has 2 heterocycles. The molecule has 0 spiro atoms. The number of nitrogens with zero attached hydrogens (tertiary/aromatic N) is 3. The van der Waals surface area contributed by atoms with E-state index in [0.717, 1.165) is 41.6 Å². The molecule has 1 aliphatic rings. The Balaban J connectivity index is 1.56. The zero-order chi connectivity index (χ0) is 20.2. The lowest BCUT2D eigenvalue weighted by molar-refractivity contribution is 0.0923. The maximum absolute atomic E-state index is 13.2. The van der Waals surface area contributed by atoms with Crippen molar-refractivity contribution in [2.45, 2.75) is 31.8 Å². The first-order chi connectivity index (χ1) is 14.2. The van der Waals surface area contributed by atoms with Crippen LogP contribution in [0.15, 0.2) is 54.7 Å². The largest absolute Gasteiger partial charge is 0.497 e. The molecule has 0 N–H and O–H groups in total. The Morgan fingerprint density at radius 1 is 1.21 bits per heavy atom. The van der Waals surface area contributed by atoms with Gasteiger partial charge in [0.05, 0.1) is 26.1 Å². The number of carbonyl (C=O) groups excluding carboxylic acids is 1. The normalized spacial score (nSPS) is 16.8. The summed E-state index contributed by atoms with van der Waals surface area (Å²) >= 11 is 0. The molecule has 29 heavy (non-hydrogen) atoms. The lowest BCUT2D eigenvalue weighted by Crippen LogP contribution is -2.29. The van der Waals surface area contributed by atoms with Crippen molar-refractivity contribution in [2.75, 3.05) is 20.2 Å². The number of aryl methyl sites for hydroxylation is 1. The van der Waals surface area contributed by atoms with Crippen molar-refractivity contribution in [3.8, 4) is 11.8 Å². The Morgan fingerprint density at radius 2 is 2.00 bits per heavy atom. The van der Waals surface area contributed by atoms with Crippen LogP contribution in [-0.2, 0) is 6.54 Å². The summed E-state index contributed by atoms with van der Waals surface area (Å²) in [5.74, 6) is 0.983. The number of fused-ring (bicyclic) bond motifs is 1. The zero-order valence-electron chi connectivity index (χ0n) is 16.7. The van der Waals surface area contributed by atoms with Crippen LogP contribution >= 0.6 is 0 Å². The molecule has 2 aromatic carbocycles. The molecule has 0 bridgehead atoms. The monoisotopic (exact) mass is 387 g/mol. The van der Waals surface area contributed by atoms with Crippen LogP contribution < -0.4 is 4.74 Å². The van der Waals surface area contributed by atoms with Gasteiger partial charge in [0, 0.05) is 35.2 Å². The van der Waals surface area contributed by atoms with E-state index in [1.165, 1.54) is 5.56 Å². The second-order valence-corrected chi connectivity index (χ2v) is 7.49. The molecule has 1 aliphatic heterocycles. The number of hydrogen-bond acceptors (Lipinski definition) is 4. The number of benzene rings is 2. The summed E-state index contributed by atoms with van der Waals surface area (Å²) in [6, 6.07) is 18.6. The summed E-state index contributed by atoms with van der Waals surface area (Å²) in [5.41, 5.74) is 2.99. The van der Waals surface area contributed by atoms with Gasteiger partial charge in [-0.15, -0.1) is 0 Å². The fraction of sp³-hybridized carbons (Fsp3) is 0.333. The van der Waals surface area contributed by atoms with Crippen molar-refractivity contribution in [1.29, 1.82) is 5.26 Å². The predicted molar refractivity (Wildman–Crippen MR) is 113 cm³/mol. The molecule has 0 radical (unpaired) electrons. The Morgan fingerprint density at radius 3 is 2.76 bits per heavy atom. The van der Waals surface area contributed by atoms with E-state index >= 15 is 0 Å². The van der Waals surface area contributed by atoms with Crippen molar-refractivity contribution < 1.29 is 9.53 Å². The number of nitriles is 1. The van der Waals surface area contributed by atoms with Crippen LogP contribution in [-0.4, -0.2) is 35.4 Å². The van der Waals surface area contributed by atoms with Gasteiger partial charge in [0.2, 0.25) is 0 Å². The standard InChI is InChI=1S/C24H25N3O2/c1-29-19-11-9-18(10-12-19)22-8-4-14-27(22)17-24(28)21-16-26(15-5-13-25)23-7-3-2-6-20(21)23/h2-3,6-7,9-12,16,22H,4-5,8,14-15,17H2,1H3. The summed E-state index contributed by atoms with van der Waals surface area (Å²) in [7, 11) is 1.67. The molecule has 0 aliphatic carbocycles. The quantitative estimate of drug-likeness (QED) is 0.557. The van der Waals surface area contributed by atoms with Crippen molar-refractivity contribution >= 4 is 16.7 Å². The SMILES string of the molecule is COc1ccc(C2CCCN2CC(=O)c2cn(CCC#N)c3ccccc23)cc1.